The van der Waals surface area contributed by atoms with Crippen molar-refractivity contribution in [3.63, 3.8) is 0 Å². The summed E-state index contributed by atoms with van der Waals surface area (Å²) in [6.45, 7) is 8.09. The molecule has 0 aliphatic carbocycles. The molecule has 0 aromatic carbocycles. The molecule has 0 amide bonds. The first-order valence-corrected chi connectivity index (χ1v) is 4.89. The number of hydrogen-bond acceptors (Lipinski definition) is 2. The van der Waals surface area contributed by atoms with Crippen molar-refractivity contribution in [3.8, 4) is 0 Å². The van der Waals surface area contributed by atoms with Gasteiger partial charge in [0.1, 0.15) is 6.04 Å². The van der Waals surface area contributed by atoms with E-state index in [9.17, 15) is 4.79 Å². The second-order valence-electron chi connectivity index (χ2n) is 3.41. The summed E-state index contributed by atoms with van der Waals surface area (Å²) in [5.41, 5.74) is 2.17. The van der Waals surface area contributed by atoms with Crippen LogP contribution in [0.2, 0.25) is 0 Å². The molecule has 0 saturated carbocycles. The van der Waals surface area contributed by atoms with Crippen LogP contribution in [0.1, 0.15) is 31.3 Å². The van der Waals surface area contributed by atoms with Crippen LogP contribution in [-0.4, -0.2) is 17.1 Å². The second kappa shape index (κ2) is 4.31. The molecule has 0 bridgehead atoms. The van der Waals surface area contributed by atoms with Crippen LogP contribution in [0.5, 0.6) is 0 Å². The van der Waals surface area contributed by atoms with Gasteiger partial charge in [0.2, 0.25) is 0 Å². The minimum absolute atomic E-state index is 0.171. The largest absolute Gasteiger partial charge is 0.464 e. The van der Waals surface area contributed by atoms with E-state index in [4.69, 9.17) is 4.74 Å². The molecule has 1 rings (SSSR count). The molecule has 0 fully saturated rings. The number of carbonyl (C=O) groups is 1. The van der Waals surface area contributed by atoms with E-state index >= 15 is 0 Å². The number of nitrogens with zero attached hydrogens (tertiary/aromatic N) is 1. The normalized spacial score (nSPS) is 12.6. The fourth-order valence-electron chi connectivity index (χ4n) is 1.66. The Kier molecular flexibility index (Phi) is 3.33. The van der Waals surface area contributed by atoms with Crippen molar-refractivity contribution in [2.24, 2.45) is 0 Å². The van der Waals surface area contributed by atoms with Crippen LogP contribution in [0.4, 0.5) is 0 Å². The van der Waals surface area contributed by atoms with Gasteiger partial charge in [0, 0.05) is 11.4 Å². The van der Waals surface area contributed by atoms with Crippen molar-refractivity contribution in [3.05, 3.63) is 23.5 Å². The highest BCUT2D eigenvalue weighted by Crippen LogP contribution is 2.16. The zero-order chi connectivity index (χ0) is 10.7. The molecule has 78 valence electrons. The molecule has 3 heteroatoms. The van der Waals surface area contributed by atoms with E-state index in [0.29, 0.717) is 6.61 Å². The van der Waals surface area contributed by atoms with Crippen molar-refractivity contribution >= 4 is 5.97 Å². The van der Waals surface area contributed by atoms with Crippen LogP contribution < -0.4 is 0 Å². The number of aryl methyl sites for hydroxylation is 2. The van der Waals surface area contributed by atoms with Gasteiger partial charge in [0.15, 0.2) is 0 Å². The second-order valence-corrected chi connectivity index (χ2v) is 3.41. The first-order valence-electron chi connectivity index (χ1n) is 4.89. The molecule has 0 spiro atoms. The topological polar surface area (TPSA) is 31.2 Å². The Morgan fingerprint density at radius 1 is 1.43 bits per heavy atom. The third-order valence-electron chi connectivity index (χ3n) is 2.34. The molecule has 3 nitrogen and oxygen atoms in total. The van der Waals surface area contributed by atoms with Crippen LogP contribution in [0.3, 0.4) is 0 Å². The summed E-state index contributed by atoms with van der Waals surface area (Å²) in [5, 5.41) is 0. The average molecular weight is 195 g/mol. The molecule has 0 saturated heterocycles. The van der Waals surface area contributed by atoms with E-state index < -0.39 is 0 Å². The first-order chi connectivity index (χ1) is 6.57. The number of rotatable bonds is 3. The zero-order valence-corrected chi connectivity index (χ0v) is 9.20. The monoisotopic (exact) mass is 195 g/mol. The Labute approximate surface area is 84.7 Å². The van der Waals surface area contributed by atoms with Crippen LogP contribution in [0.15, 0.2) is 12.1 Å². The van der Waals surface area contributed by atoms with Gasteiger partial charge in [-0.3, -0.25) is 0 Å². The van der Waals surface area contributed by atoms with Gasteiger partial charge in [-0.05, 0) is 39.8 Å². The van der Waals surface area contributed by atoms with Crippen LogP contribution in [-0.2, 0) is 9.53 Å². The van der Waals surface area contributed by atoms with Gasteiger partial charge < -0.3 is 9.30 Å². The van der Waals surface area contributed by atoms with Crippen molar-refractivity contribution in [1.82, 2.24) is 4.57 Å². The lowest BCUT2D eigenvalue weighted by Gasteiger charge is -2.16. The van der Waals surface area contributed by atoms with E-state index in [1.807, 2.05) is 44.4 Å². The Balaban J connectivity index is 2.88. The first kappa shape index (κ1) is 10.8. The van der Waals surface area contributed by atoms with Gasteiger partial charge in [0.05, 0.1) is 6.61 Å². The molecule has 0 N–H and O–H groups in total. The fraction of sp³-hybridized carbons (Fsp3) is 0.545. The van der Waals surface area contributed by atoms with Crippen molar-refractivity contribution in [1.29, 1.82) is 0 Å². The predicted molar refractivity (Wildman–Crippen MR) is 55.3 cm³/mol. The van der Waals surface area contributed by atoms with Crippen molar-refractivity contribution in [2.45, 2.75) is 33.7 Å². The van der Waals surface area contributed by atoms with Gasteiger partial charge in [-0.1, -0.05) is 0 Å². The maximum Gasteiger partial charge on any atom is 0.328 e. The maximum atomic E-state index is 11.5. The molecule has 0 radical (unpaired) electrons. The van der Waals surface area contributed by atoms with E-state index in [1.54, 1.807) is 0 Å². The molecule has 1 aromatic heterocycles. The van der Waals surface area contributed by atoms with E-state index in [2.05, 4.69) is 0 Å². The van der Waals surface area contributed by atoms with Gasteiger partial charge in [-0.15, -0.1) is 0 Å². The zero-order valence-electron chi connectivity index (χ0n) is 9.20. The third-order valence-corrected chi connectivity index (χ3v) is 2.34. The quantitative estimate of drug-likeness (QED) is 0.692. The van der Waals surface area contributed by atoms with E-state index in [-0.39, 0.29) is 12.0 Å². The minimum Gasteiger partial charge on any atom is -0.464 e. The number of carbonyl (C=O) groups excluding carboxylic acids is 1. The molecule has 1 heterocycles. The highest BCUT2D eigenvalue weighted by molar-refractivity contribution is 5.74. The molecule has 14 heavy (non-hydrogen) atoms. The van der Waals surface area contributed by atoms with Gasteiger partial charge >= 0.3 is 5.97 Å². The third kappa shape index (κ3) is 1.97. The molecule has 0 unspecified atom stereocenters. The maximum absolute atomic E-state index is 11.5. The fourth-order valence-corrected chi connectivity index (χ4v) is 1.66. The number of aromatic nitrogens is 1. The molecule has 1 aromatic rings. The van der Waals surface area contributed by atoms with Crippen molar-refractivity contribution < 1.29 is 9.53 Å². The lowest BCUT2D eigenvalue weighted by Crippen LogP contribution is -2.20. The number of esters is 1. The standard InChI is InChI=1S/C11H17NO2/c1-5-14-11(13)10(4)12-8(2)6-7-9(12)3/h6-7,10H,5H2,1-4H3/t10-/m0/s1. The van der Waals surface area contributed by atoms with Crippen LogP contribution in [0, 0.1) is 13.8 Å². The average Bonchev–Trinajstić information content (AvgIpc) is 2.46. The van der Waals surface area contributed by atoms with Crippen LogP contribution >= 0.6 is 0 Å². The Morgan fingerprint density at radius 3 is 2.36 bits per heavy atom. The van der Waals surface area contributed by atoms with Gasteiger partial charge in [-0.2, -0.15) is 0 Å². The Morgan fingerprint density at radius 2 is 1.93 bits per heavy atom. The smallest absolute Gasteiger partial charge is 0.328 e. The number of hydrogen-bond donors (Lipinski definition) is 0. The summed E-state index contributed by atoms with van der Waals surface area (Å²) in [4.78, 5) is 11.5. The highest BCUT2D eigenvalue weighted by atomic mass is 16.5. The lowest BCUT2D eigenvalue weighted by atomic mass is 10.3. The number of ether oxygens (including phenoxy) is 1. The molecular weight excluding hydrogens is 178 g/mol. The SMILES string of the molecule is CCOC(=O)[C@H](C)n1c(C)ccc1C. The lowest BCUT2D eigenvalue weighted by molar-refractivity contribution is -0.146. The summed E-state index contributed by atoms with van der Waals surface area (Å²) in [7, 11) is 0. The molecule has 0 aliphatic rings. The molecule has 1 atom stereocenters. The summed E-state index contributed by atoms with van der Waals surface area (Å²) >= 11 is 0. The summed E-state index contributed by atoms with van der Waals surface area (Å²) in [5.74, 6) is -0.171. The summed E-state index contributed by atoms with van der Waals surface area (Å²) < 4.78 is 6.96. The van der Waals surface area contributed by atoms with Crippen molar-refractivity contribution in [2.75, 3.05) is 6.61 Å². The highest BCUT2D eigenvalue weighted by Gasteiger charge is 2.18. The summed E-state index contributed by atoms with van der Waals surface area (Å²) in [6, 6.07) is 3.78. The van der Waals surface area contributed by atoms with E-state index in [1.165, 1.54) is 0 Å². The molecular formula is C11H17NO2. The Bertz CT molecular complexity index is 309. The summed E-state index contributed by atoms with van der Waals surface area (Å²) in [6.07, 6.45) is 0. The van der Waals surface area contributed by atoms with E-state index in [0.717, 1.165) is 11.4 Å². The predicted octanol–water partition coefficient (Wildman–Crippen LogP) is 2.23. The van der Waals surface area contributed by atoms with Gasteiger partial charge in [-0.25, -0.2) is 4.79 Å². The van der Waals surface area contributed by atoms with Crippen LogP contribution in [0.25, 0.3) is 0 Å². The minimum atomic E-state index is -0.232. The Hall–Kier alpha value is -1.25. The molecule has 0 aliphatic heterocycles. The van der Waals surface area contributed by atoms with Gasteiger partial charge in [0.25, 0.3) is 0 Å².